The molecule has 1 aliphatic carbocycles. The summed E-state index contributed by atoms with van der Waals surface area (Å²) in [7, 11) is 0. The lowest BCUT2D eigenvalue weighted by molar-refractivity contribution is 0.669. The average molecular weight is 930 g/mol. The predicted octanol–water partition coefficient (Wildman–Crippen LogP) is 19.2. The second-order valence-corrected chi connectivity index (χ2v) is 19.2. The van der Waals surface area contributed by atoms with E-state index in [1.165, 1.54) is 72.0 Å². The molecule has 0 fully saturated rings. The van der Waals surface area contributed by atoms with Crippen molar-refractivity contribution in [2.75, 3.05) is 4.90 Å². The van der Waals surface area contributed by atoms with Gasteiger partial charge >= 0.3 is 0 Å². The van der Waals surface area contributed by atoms with Crippen molar-refractivity contribution in [3.8, 4) is 55.6 Å². The molecule has 13 aromatic rings. The quantitative estimate of drug-likeness (QED) is 0.143. The van der Waals surface area contributed by atoms with Crippen LogP contribution < -0.4 is 4.90 Å². The highest BCUT2D eigenvalue weighted by Crippen LogP contribution is 2.58. The lowest BCUT2D eigenvalue weighted by Crippen LogP contribution is -2.28. The smallest absolute Gasteiger partial charge is 0.135 e. The number of furan rings is 1. The van der Waals surface area contributed by atoms with E-state index < -0.39 is 5.41 Å². The maximum Gasteiger partial charge on any atom is 0.135 e. The molecule has 0 atom stereocenters. The molecule has 0 saturated heterocycles. The Balaban J connectivity index is 0.884. The number of nitrogens with zero attached hydrogens (tertiary/aromatic N) is 1. The van der Waals surface area contributed by atoms with Gasteiger partial charge in [-0.3, -0.25) is 0 Å². The Morgan fingerprint density at radius 1 is 0.274 bits per heavy atom. The van der Waals surface area contributed by atoms with Crippen molar-refractivity contribution in [2.45, 2.75) is 5.41 Å². The second kappa shape index (κ2) is 17.4. The fourth-order valence-corrected chi connectivity index (χ4v) is 11.7. The fraction of sp³-hybridized carbons (Fsp3) is 0.0141. The molecule has 2 nitrogen and oxygen atoms in total. The fourth-order valence-electron chi connectivity index (χ4n) is 11.7. The van der Waals surface area contributed by atoms with Crippen molar-refractivity contribution in [2.24, 2.45) is 0 Å². The highest BCUT2D eigenvalue weighted by Gasteiger charge is 2.46. The van der Waals surface area contributed by atoms with Crippen molar-refractivity contribution in [1.82, 2.24) is 0 Å². The van der Waals surface area contributed by atoms with E-state index in [1.807, 2.05) is 12.1 Å². The molecule has 73 heavy (non-hydrogen) atoms. The molecule has 14 rings (SSSR count). The summed E-state index contributed by atoms with van der Waals surface area (Å²) in [6.07, 6.45) is 0. The molecule has 0 bridgehead atoms. The molecule has 2 heteroatoms. The predicted molar refractivity (Wildman–Crippen MR) is 305 cm³/mol. The molecular weight excluding hydrogens is 883 g/mol. The lowest BCUT2D eigenvalue weighted by atomic mass is 9.67. The normalized spacial score (nSPS) is 12.5. The van der Waals surface area contributed by atoms with Crippen molar-refractivity contribution in [3.63, 3.8) is 0 Å². The van der Waals surface area contributed by atoms with E-state index >= 15 is 0 Å². The molecule has 0 amide bonds. The van der Waals surface area contributed by atoms with Gasteiger partial charge in [0.15, 0.2) is 0 Å². The second-order valence-electron chi connectivity index (χ2n) is 19.2. The van der Waals surface area contributed by atoms with Gasteiger partial charge in [0.25, 0.3) is 0 Å². The third-order valence-electron chi connectivity index (χ3n) is 15.1. The van der Waals surface area contributed by atoms with Gasteiger partial charge in [0.05, 0.1) is 5.41 Å². The van der Waals surface area contributed by atoms with Crippen LogP contribution in [0.2, 0.25) is 0 Å². The summed E-state index contributed by atoms with van der Waals surface area (Å²) in [5.74, 6) is 0. The number of hydrogen-bond acceptors (Lipinski definition) is 2. The highest BCUT2D eigenvalue weighted by atomic mass is 16.3. The summed E-state index contributed by atoms with van der Waals surface area (Å²) in [6, 6.07) is 104. The Hall–Kier alpha value is -9.50. The molecule has 1 aromatic heterocycles. The van der Waals surface area contributed by atoms with Crippen LogP contribution in [-0.4, -0.2) is 0 Å². The standard InChI is InChI=1S/C71H47NO/c1-4-16-48(17-5-1)51-30-32-54-45-52(31-33-53(54)44-51)49-34-39-59(40-35-49)72(60-41-36-50(37-42-60)55-38-43-69-65(47-55)63-24-11-13-29-68(63)73-69)61-23-14-18-56(46-61)62-26-15-28-67-70(62)64-25-10-12-27-66(64)71(67,57-19-6-2-7-20-57)58-21-8-3-9-22-58/h1-47H. The van der Waals surface area contributed by atoms with E-state index in [1.54, 1.807) is 0 Å². The van der Waals surface area contributed by atoms with Gasteiger partial charge in [-0.15, -0.1) is 0 Å². The van der Waals surface area contributed by atoms with E-state index in [4.69, 9.17) is 4.42 Å². The van der Waals surface area contributed by atoms with Crippen molar-refractivity contribution >= 4 is 49.8 Å². The first-order valence-electron chi connectivity index (χ1n) is 25.1. The van der Waals surface area contributed by atoms with Crippen molar-refractivity contribution in [3.05, 3.63) is 307 Å². The first-order valence-corrected chi connectivity index (χ1v) is 25.1. The molecule has 0 unspecified atom stereocenters. The van der Waals surface area contributed by atoms with E-state index in [-0.39, 0.29) is 0 Å². The minimum absolute atomic E-state index is 0.483. The van der Waals surface area contributed by atoms with Crippen LogP contribution >= 0.6 is 0 Å². The van der Waals surface area contributed by atoms with Crippen LogP contribution in [0.1, 0.15) is 22.3 Å². The van der Waals surface area contributed by atoms with Gasteiger partial charge in [0, 0.05) is 27.8 Å². The van der Waals surface area contributed by atoms with Crippen molar-refractivity contribution < 1.29 is 4.42 Å². The largest absolute Gasteiger partial charge is 0.456 e. The Morgan fingerprint density at radius 3 is 1.42 bits per heavy atom. The first-order chi connectivity index (χ1) is 36.2. The molecule has 0 spiro atoms. The SMILES string of the molecule is c1ccc(-c2ccc3cc(-c4ccc(N(c5ccc(-c6ccc7oc8ccccc8c7c6)cc5)c5cccc(-c6cccc7c6-c6ccccc6C7(c6ccccc6)c6ccccc6)c5)cc4)ccc3c2)cc1. The van der Waals surface area contributed by atoms with Gasteiger partial charge < -0.3 is 9.32 Å². The van der Waals surface area contributed by atoms with Gasteiger partial charge in [-0.1, -0.05) is 218 Å². The number of para-hydroxylation sites is 1. The van der Waals surface area contributed by atoms with E-state index in [2.05, 4.69) is 278 Å². The van der Waals surface area contributed by atoms with Crippen molar-refractivity contribution in [1.29, 1.82) is 0 Å². The maximum atomic E-state index is 6.19. The third kappa shape index (κ3) is 7.10. The molecule has 342 valence electrons. The average Bonchev–Trinajstić information content (AvgIpc) is 4.00. The Kier molecular flexibility index (Phi) is 10.1. The topological polar surface area (TPSA) is 16.4 Å². The first kappa shape index (κ1) is 42.4. The number of hydrogen-bond donors (Lipinski definition) is 0. The Bertz CT molecular complexity index is 4130. The van der Waals surface area contributed by atoms with Gasteiger partial charge in [-0.05, 0) is 155 Å². The zero-order chi connectivity index (χ0) is 48.3. The minimum atomic E-state index is -0.483. The summed E-state index contributed by atoms with van der Waals surface area (Å²) < 4.78 is 6.19. The third-order valence-corrected chi connectivity index (χ3v) is 15.1. The zero-order valence-electron chi connectivity index (χ0n) is 40.0. The summed E-state index contributed by atoms with van der Waals surface area (Å²) in [5.41, 5.74) is 21.7. The molecule has 12 aromatic carbocycles. The minimum Gasteiger partial charge on any atom is -0.456 e. The summed E-state index contributed by atoms with van der Waals surface area (Å²) in [6.45, 7) is 0. The monoisotopic (exact) mass is 929 g/mol. The van der Waals surface area contributed by atoms with Crippen LogP contribution in [0, 0.1) is 0 Å². The molecule has 0 aliphatic heterocycles. The van der Waals surface area contributed by atoms with Crippen LogP contribution in [0.25, 0.3) is 88.3 Å². The van der Waals surface area contributed by atoms with Crippen LogP contribution in [-0.2, 0) is 5.41 Å². The molecule has 1 heterocycles. The zero-order valence-corrected chi connectivity index (χ0v) is 40.0. The van der Waals surface area contributed by atoms with Gasteiger partial charge in [-0.25, -0.2) is 0 Å². The number of rotatable bonds is 9. The van der Waals surface area contributed by atoms with Crippen LogP contribution in [0.4, 0.5) is 17.1 Å². The number of anilines is 3. The van der Waals surface area contributed by atoms with Gasteiger partial charge in [0.2, 0.25) is 0 Å². The van der Waals surface area contributed by atoms with E-state index in [0.29, 0.717) is 0 Å². The molecular formula is C71H47NO. The maximum absolute atomic E-state index is 6.19. The summed E-state index contributed by atoms with van der Waals surface area (Å²) >= 11 is 0. The Morgan fingerprint density at radius 2 is 0.753 bits per heavy atom. The number of benzene rings is 12. The summed E-state index contributed by atoms with van der Waals surface area (Å²) in [4.78, 5) is 2.39. The van der Waals surface area contributed by atoms with Gasteiger partial charge in [0.1, 0.15) is 11.2 Å². The summed E-state index contributed by atoms with van der Waals surface area (Å²) in [5, 5.41) is 4.70. The lowest BCUT2D eigenvalue weighted by Gasteiger charge is -2.34. The van der Waals surface area contributed by atoms with E-state index in [9.17, 15) is 0 Å². The number of fused-ring (bicyclic) bond motifs is 7. The Labute approximate surface area is 425 Å². The van der Waals surface area contributed by atoms with E-state index in [0.717, 1.165) is 55.7 Å². The molecule has 1 aliphatic rings. The van der Waals surface area contributed by atoms with Crippen LogP contribution in [0.15, 0.2) is 290 Å². The molecule has 0 radical (unpaired) electrons. The van der Waals surface area contributed by atoms with Crippen LogP contribution in [0.3, 0.4) is 0 Å². The molecule has 0 N–H and O–H groups in total. The van der Waals surface area contributed by atoms with Crippen LogP contribution in [0.5, 0.6) is 0 Å². The highest BCUT2D eigenvalue weighted by molar-refractivity contribution is 6.06. The molecule has 0 saturated carbocycles. The van der Waals surface area contributed by atoms with Gasteiger partial charge in [-0.2, -0.15) is 0 Å².